The molecule has 6 nitrogen and oxygen atoms in total. The predicted octanol–water partition coefficient (Wildman–Crippen LogP) is 1.74. The van der Waals surface area contributed by atoms with E-state index in [-0.39, 0.29) is 24.1 Å². The first-order valence-corrected chi connectivity index (χ1v) is 5.92. The van der Waals surface area contributed by atoms with Crippen molar-refractivity contribution in [3.05, 3.63) is 39.9 Å². The van der Waals surface area contributed by atoms with Gasteiger partial charge in [0, 0.05) is 30.8 Å². The summed E-state index contributed by atoms with van der Waals surface area (Å²) >= 11 is 0. The van der Waals surface area contributed by atoms with Gasteiger partial charge in [-0.3, -0.25) is 19.8 Å². The average Bonchev–Trinajstić information content (AvgIpc) is 2.39. The number of ketones is 1. The van der Waals surface area contributed by atoms with Crippen molar-refractivity contribution in [2.24, 2.45) is 0 Å². The van der Waals surface area contributed by atoms with Gasteiger partial charge in [-0.25, -0.2) is 0 Å². The molecule has 1 atom stereocenters. The quantitative estimate of drug-likeness (QED) is 0.427. The van der Waals surface area contributed by atoms with Gasteiger partial charge in [-0.05, 0) is 14.0 Å². The first kappa shape index (κ1) is 15.3. The second kappa shape index (κ2) is 6.96. The van der Waals surface area contributed by atoms with Crippen LogP contribution in [0.5, 0.6) is 0 Å². The number of nitro benzene ring substituents is 1. The smallest absolute Gasteiger partial charge is 0.270 e. The molecule has 1 aromatic rings. The van der Waals surface area contributed by atoms with Crippen molar-refractivity contribution in [2.45, 2.75) is 13.0 Å². The van der Waals surface area contributed by atoms with Crippen LogP contribution in [0.4, 0.5) is 5.69 Å². The molecule has 0 heterocycles. The van der Waals surface area contributed by atoms with Gasteiger partial charge in [-0.1, -0.05) is 12.1 Å². The number of Topliss-reactive ketones (excluding diaryl/α,β-unsaturated/α-hetero) is 1. The lowest BCUT2D eigenvalue weighted by Gasteiger charge is -2.23. The Kier molecular flexibility index (Phi) is 5.59. The summed E-state index contributed by atoms with van der Waals surface area (Å²) in [6.07, 6.45) is 0. The van der Waals surface area contributed by atoms with Crippen molar-refractivity contribution in [1.82, 2.24) is 4.90 Å². The zero-order chi connectivity index (χ0) is 14.4. The molecule has 0 fully saturated rings. The van der Waals surface area contributed by atoms with Crippen LogP contribution in [0.15, 0.2) is 24.3 Å². The summed E-state index contributed by atoms with van der Waals surface area (Å²) in [5, 5.41) is 10.7. The molecule has 1 aromatic carbocycles. The highest BCUT2D eigenvalue weighted by Gasteiger charge is 2.16. The van der Waals surface area contributed by atoms with Gasteiger partial charge < -0.3 is 4.74 Å². The van der Waals surface area contributed by atoms with Crippen LogP contribution in [-0.4, -0.2) is 49.0 Å². The molecule has 1 unspecified atom stereocenters. The molecule has 19 heavy (non-hydrogen) atoms. The molecule has 0 aliphatic rings. The highest BCUT2D eigenvalue weighted by molar-refractivity contribution is 5.98. The lowest BCUT2D eigenvalue weighted by Crippen LogP contribution is -2.36. The van der Waals surface area contributed by atoms with Gasteiger partial charge >= 0.3 is 0 Å². The number of carbonyl (C=O) groups is 1. The van der Waals surface area contributed by atoms with E-state index in [1.54, 1.807) is 13.2 Å². The highest BCUT2D eigenvalue weighted by atomic mass is 16.6. The van der Waals surface area contributed by atoms with E-state index in [0.29, 0.717) is 12.2 Å². The van der Waals surface area contributed by atoms with Crippen LogP contribution in [0.1, 0.15) is 17.3 Å². The Bertz CT molecular complexity index is 462. The molecular weight excluding hydrogens is 248 g/mol. The lowest BCUT2D eigenvalue weighted by atomic mass is 10.1. The number of non-ortho nitro benzene ring substituents is 1. The molecule has 0 aromatic heterocycles. The molecular formula is C13H18N2O4. The van der Waals surface area contributed by atoms with E-state index in [4.69, 9.17) is 4.74 Å². The van der Waals surface area contributed by atoms with E-state index < -0.39 is 4.92 Å². The Morgan fingerprint density at radius 2 is 2.21 bits per heavy atom. The molecule has 1 rings (SSSR count). The van der Waals surface area contributed by atoms with E-state index in [1.165, 1.54) is 18.2 Å². The molecule has 0 radical (unpaired) electrons. The molecule has 0 amide bonds. The number of benzene rings is 1. The van der Waals surface area contributed by atoms with E-state index in [1.807, 2.05) is 18.9 Å². The minimum atomic E-state index is -0.506. The fourth-order valence-electron chi connectivity index (χ4n) is 1.64. The third-order valence-electron chi connectivity index (χ3n) is 2.93. The second-order valence-electron chi connectivity index (χ2n) is 4.45. The van der Waals surface area contributed by atoms with Crippen molar-refractivity contribution in [3.63, 3.8) is 0 Å². The number of carbonyl (C=O) groups excluding carboxylic acids is 1. The Balaban J connectivity index is 2.73. The lowest BCUT2D eigenvalue weighted by molar-refractivity contribution is -0.384. The average molecular weight is 266 g/mol. The number of hydrogen-bond donors (Lipinski definition) is 0. The normalized spacial score (nSPS) is 12.4. The maximum atomic E-state index is 12.0. The topological polar surface area (TPSA) is 72.7 Å². The van der Waals surface area contributed by atoms with E-state index in [0.717, 1.165) is 0 Å². The van der Waals surface area contributed by atoms with Crippen LogP contribution < -0.4 is 0 Å². The van der Waals surface area contributed by atoms with Gasteiger partial charge in [0.2, 0.25) is 0 Å². The maximum absolute atomic E-state index is 12.0. The minimum Gasteiger partial charge on any atom is -0.383 e. The molecule has 6 heteroatoms. The van der Waals surface area contributed by atoms with Crippen molar-refractivity contribution in [3.8, 4) is 0 Å². The van der Waals surface area contributed by atoms with Crippen LogP contribution in [0.25, 0.3) is 0 Å². The van der Waals surface area contributed by atoms with Crippen molar-refractivity contribution in [2.75, 3.05) is 27.3 Å². The van der Waals surface area contributed by atoms with Gasteiger partial charge in [-0.2, -0.15) is 0 Å². The number of methoxy groups -OCH3 is 1. The molecule has 0 N–H and O–H groups in total. The number of rotatable bonds is 7. The van der Waals surface area contributed by atoms with Crippen LogP contribution in [-0.2, 0) is 4.74 Å². The Morgan fingerprint density at radius 1 is 1.53 bits per heavy atom. The molecule has 104 valence electrons. The Hall–Kier alpha value is -1.79. The molecule has 0 saturated carbocycles. The Morgan fingerprint density at radius 3 is 2.79 bits per heavy atom. The number of ether oxygens (including phenoxy) is 1. The number of likely N-dealkylation sites (N-methyl/N-ethyl adjacent to an activating group) is 1. The third kappa shape index (κ3) is 4.42. The fourth-order valence-corrected chi connectivity index (χ4v) is 1.64. The molecule has 0 aliphatic carbocycles. The van der Waals surface area contributed by atoms with Gasteiger partial charge in [0.15, 0.2) is 5.78 Å². The third-order valence-corrected chi connectivity index (χ3v) is 2.93. The first-order valence-electron chi connectivity index (χ1n) is 5.92. The second-order valence-corrected chi connectivity index (χ2v) is 4.45. The minimum absolute atomic E-state index is 0.0709. The first-order chi connectivity index (χ1) is 8.95. The van der Waals surface area contributed by atoms with Crippen LogP contribution in [0.2, 0.25) is 0 Å². The van der Waals surface area contributed by atoms with Gasteiger partial charge in [0.1, 0.15) is 0 Å². The molecule has 0 bridgehead atoms. The summed E-state index contributed by atoms with van der Waals surface area (Å²) in [6, 6.07) is 5.88. The summed E-state index contributed by atoms with van der Waals surface area (Å²) in [7, 11) is 3.42. The van der Waals surface area contributed by atoms with Gasteiger partial charge in [0.25, 0.3) is 5.69 Å². The highest BCUT2D eigenvalue weighted by Crippen LogP contribution is 2.14. The fraction of sp³-hybridized carbons (Fsp3) is 0.462. The molecule has 0 aliphatic heterocycles. The standard InChI is InChI=1S/C13H18N2O4/c1-10(9-19-3)14(2)8-13(16)11-5-4-6-12(7-11)15(17)18/h4-7,10H,8-9H2,1-3H3. The largest absolute Gasteiger partial charge is 0.383 e. The van der Waals surface area contributed by atoms with Crippen molar-refractivity contribution < 1.29 is 14.5 Å². The zero-order valence-electron chi connectivity index (χ0n) is 11.3. The van der Waals surface area contributed by atoms with Crippen LogP contribution in [0.3, 0.4) is 0 Å². The maximum Gasteiger partial charge on any atom is 0.270 e. The van der Waals surface area contributed by atoms with Crippen molar-refractivity contribution >= 4 is 11.5 Å². The van der Waals surface area contributed by atoms with Crippen LogP contribution >= 0.6 is 0 Å². The number of nitrogens with zero attached hydrogens (tertiary/aromatic N) is 2. The monoisotopic (exact) mass is 266 g/mol. The summed E-state index contributed by atoms with van der Waals surface area (Å²) in [4.78, 5) is 24.0. The van der Waals surface area contributed by atoms with Gasteiger partial charge in [-0.15, -0.1) is 0 Å². The summed E-state index contributed by atoms with van der Waals surface area (Å²) in [6.45, 7) is 2.68. The van der Waals surface area contributed by atoms with E-state index in [2.05, 4.69) is 0 Å². The van der Waals surface area contributed by atoms with E-state index >= 15 is 0 Å². The number of hydrogen-bond acceptors (Lipinski definition) is 5. The van der Waals surface area contributed by atoms with Crippen LogP contribution in [0, 0.1) is 10.1 Å². The summed E-state index contributed by atoms with van der Waals surface area (Å²) in [5.74, 6) is -0.144. The zero-order valence-corrected chi connectivity index (χ0v) is 11.3. The van der Waals surface area contributed by atoms with Crippen molar-refractivity contribution in [1.29, 1.82) is 0 Å². The van der Waals surface area contributed by atoms with Gasteiger partial charge in [0.05, 0.1) is 18.1 Å². The summed E-state index contributed by atoms with van der Waals surface area (Å²) in [5.41, 5.74) is 0.282. The predicted molar refractivity (Wildman–Crippen MR) is 71.4 cm³/mol. The Labute approximate surface area is 112 Å². The number of nitro groups is 1. The van der Waals surface area contributed by atoms with E-state index in [9.17, 15) is 14.9 Å². The molecule has 0 saturated heterocycles. The SMILES string of the molecule is COCC(C)N(C)CC(=O)c1cccc([N+](=O)[O-])c1. The summed E-state index contributed by atoms with van der Waals surface area (Å²) < 4.78 is 5.02. The molecule has 0 spiro atoms.